The number of hydrogen-bond acceptors (Lipinski definition) is 3. The normalized spacial score (nSPS) is 29.1. The largest absolute Gasteiger partial charge is 0.315 e. The van der Waals surface area contributed by atoms with Gasteiger partial charge in [-0.1, -0.05) is 32.1 Å². The Kier molecular flexibility index (Phi) is 5.04. The molecule has 1 aliphatic carbocycles. The van der Waals surface area contributed by atoms with Crippen LogP contribution in [0, 0.1) is 5.92 Å². The van der Waals surface area contributed by atoms with Crippen LogP contribution in [-0.4, -0.2) is 31.2 Å². The van der Waals surface area contributed by atoms with Crippen LogP contribution in [0.1, 0.15) is 57.8 Å². The Morgan fingerprint density at radius 1 is 0.944 bits per heavy atom. The minimum atomic E-state index is -3.15. The highest BCUT2D eigenvalue weighted by Crippen LogP contribution is 2.27. The van der Waals surface area contributed by atoms with Crippen molar-refractivity contribution in [2.24, 2.45) is 11.7 Å². The van der Waals surface area contributed by atoms with E-state index in [0.717, 1.165) is 38.5 Å². The van der Waals surface area contributed by atoms with Gasteiger partial charge in [0.2, 0.25) is 10.0 Å². The van der Waals surface area contributed by atoms with Gasteiger partial charge < -0.3 is 5.73 Å². The Balaban J connectivity index is 1.99. The van der Waals surface area contributed by atoms with Crippen molar-refractivity contribution >= 4 is 10.0 Å². The summed E-state index contributed by atoms with van der Waals surface area (Å²) in [5, 5.41) is 0. The fourth-order valence-corrected chi connectivity index (χ4v) is 5.25. The summed E-state index contributed by atoms with van der Waals surface area (Å²) >= 11 is 0. The molecule has 2 fully saturated rings. The van der Waals surface area contributed by atoms with Crippen LogP contribution in [0.3, 0.4) is 0 Å². The monoisotopic (exact) mass is 274 g/mol. The SMILES string of the molecule is NC1CCCCCN1S(=O)(=O)CC1CCCCC1. The summed E-state index contributed by atoms with van der Waals surface area (Å²) < 4.78 is 26.5. The van der Waals surface area contributed by atoms with Crippen molar-refractivity contribution < 1.29 is 8.42 Å². The number of nitrogens with zero attached hydrogens (tertiary/aromatic N) is 1. The molecule has 1 unspecified atom stereocenters. The molecule has 0 radical (unpaired) electrons. The van der Waals surface area contributed by atoms with Gasteiger partial charge in [-0.2, -0.15) is 4.31 Å². The lowest BCUT2D eigenvalue weighted by molar-refractivity contribution is 0.318. The molecule has 0 aromatic carbocycles. The molecular formula is C13H26N2O2S. The van der Waals surface area contributed by atoms with Gasteiger partial charge >= 0.3 is 0 Å². The smallest absolute Gasteiger partial charge is 0.215 e. The first-order valence-electron chi connectivity index (χ1n) is 7.35. The summed E-state index contributed by atoms with van der Waals surface area (Å²) in [6.07, 6.45) is 9.41. The van der Waals surface area contributed by atoms with Crippen LogP contribution in [-0.2, 0) is 10.0 Å². The zero-order valence-electron chi connectivity index (χ0n) is 11.2. The molecule has 1 aliphatic heterocycles. The first-order valence-corrected chi connectivity index (χ1v) is 8.95. The van der Waals surface area contributed by atoms with E-state index in [1.54, 1.807) is 4.31 Å². The molecule has 106 valence electrons. The van der Waals surface area contributed by atoms with Gasteiger partial charge in [0, 0.05) is 6.54 Å². The van der Waals surface area contributed by atoms with Gasteiger partial charge in [-0.3, -0.25) is 0 Å². The Bertz CT molecular complexity index is 350. The summed E-state index contributed by atoms with van der Waals surface area (Å²) in [5.74, 6) is 0.681. The minimum Gasteiger partial charge on any atom is -0.315 e. The van der Waals surface area contributed by atoms with Gasteiger partial charge in [0.05, 0.1) is 11.9 Å². The van der Waals surface area contributed by atoms with Gasteiger partial charge in [-0.15, -0.1) is 0 Å². The third-order valence-electron chi connectivity index (χ3n) is 4.28. The minimum absolute atomic E-state index is 0.291. The molecule has 1 heterocycles. The lowest BCUT2D eigenvalue weighted by Gasteiger charge is -2.29. The molecule has 4 nitrogen and oxygen atoms in total. The number of nitrogens with two attached hydrogens (primary N) is 1. The van der Waals surface area contributed by atoms with Crippen LogP contribution in [0.15, 0.2) is 0 Å². The Morgan fingerprint density at radius 3 is 2.28 bits per heavy atom. The molecule has 2 N–H and O–H groups in total. The van der Waals surface area contributed by atoms with Crippen LogP contribution in [0.4, 0.5) is 0 Å². The highest BCUT2D eigenvalue weighted by atomic mass is 32.2. The van der Waals surface area contributed by atoms with E-state index in [-0.39, 0.29) is 6.17 Å². The molecule has 0 amide bonds. The van der Waals surface area contributed by atoms with Gasteiger partial charge in [0.15, 0.2) is 0 Å². The summed E-state index contributed by atoms with van der Waals surface area (Å²) in [7, 11) is -3.15. The second kappa shape index (κ2) is 6.35. The molecule has 5 heteroatoms. The molecule has 1 atom stereocenters. The van der Waals surface area contributed by atoms with E-state index in [0.29, 0.717) is 18.2 Å². The summed E-state index contributed by atoms with van der Waals surface area (Å²) in [6.45, 7) is 0.621. The topological polar surface area (TPSA) is 63.4 Å². The Labute approximate surface area is 111 Å². The average molecular weight is 274 g/mol. The first kappa shape index (κ1) is 14.3. The molecular weight excluding hydrogens is 248 g/mol. The van der Waals surface area contributed by atoms with E-state index in [4.69, 9.17) is 5.73 Å². The van der Waals surface area contributed by atoms with Crippen LogP contribution in [0.2, 0.25) is 0 Å². The number of hydrogen-bond donors (Lipinski definition) is 1. The van der Waals surface area contributed by atoms with E-state index in [1.165, 1.54) is 19.3 Å². The second-order valence-electron chi connectivity index (χ2n) is 5.81. The predicted molar refractivity (Wildman–Crippen MR) is 73.5 cm³/mol. The van der Waals surface area contributed by atoms with E-state index in [1.807, 2.05) is 0 Å². The Hall–Kier alpha value is -0.130. The lowest BCUT2D eigenvalue weighted by atomic mass is 9.91. The Morgan fingerprint density at radius 2 is 1.56 bits per heavy atom. The van der Waals surface area contributed by atoms with Gasteiger partial charge in [-0.05, 0) is 31.6 Å². The lowest BCUT2D eigenvalue weighted by Crippen LogP contribution is -2.47. The highest BCUT2D eigenvalue weighted by Gasteiger charge is 2.31. The van der Waals surface area contributed by atoms with Crippen molar-refractivity contribution in [3.63, 3.8) is 0 Å². The molecule has 18 heavy (non-hydrogen) atoms. The third-order valence-corrected chi connectivity index (χ3v) is 6.34. The maximum absolute atomic E-state index is 12.5. The van der Waals surface area contributed by atoms with Crippen LogP contribution >= 0.6 is 0 Å². The highest BCUT2D eigenvalue weighted by molar-refractivity contribution is 7.89. The average Bonchev–Trinajstić information content (AvgIpc) is 2.55. The van der Waals surface area contributed by atoms with E-state index in [9.17, 15) is 8.42 Å². The van der Waals surface area contributed by atoms with E-state index < -0.39 is 10.0 Å². The van der Waals surface area contributed by atoms with E-state index >= 15 is 0 Å². The van der Waals surface area contributed by atoms with Crippen molar-refractivity contribution in [3.8, 4) is 0 Å². The van der Waals surface area contributed by atoms with Crippen molar-refractivity contribution in [3.05, 3.63) is 0 Å². The number of sulfonamides is 1. The fraction of sp³-hybridized carbons (Fsp3) is 1.00. The van der Waals surface area contributed by atoms with Crippen molar-refractivity contribution in [2.75, 3.05) is 12.3 Å². The van der Waals surface area contributed by atoms with Crippen LogP contribution in [0.5, 0.6) is 0 Å². The zero-order chi connectivity index (χ0) is 13.0. The van der Waals surface area contributed by atoms with Crippen LogP contribution < -0.4 is 5.73 Å². The predicted octanol–water partition coefficient (Wildman–Crippen LogP) is 2.06. The molecule has 0 bridgehead atoms. The van der Waals surface area contributed by atoms with Crippen LogP contribution in [0.25, 0.3) is 0 Å². The quantitative estimate of drug-likeness (QED) is 0.856. The van der Waals surface area contributed by atoms with Gasteiger partial charge in [-0.25, -0.2) is 8.42 Å². The maximum Gasteiger partial charge on any atom is 0.215 e. The fourth-order valence-electron chi connectivity index (χ4n) is 3.20. The molecule has 1 saturated carbocycles. The molecule has 0 spiro atoms. The first-order chi connectivity index (χ1) is 8.59. The number of rotatable bonds is 3. The summed E-state index contributed by atoms with van der Waals surface area (Å²) in [4.78, 5) is 0. The van der Waals surface area contributed by atoms with Crippen molar-refractivity contribution in [2.45, 2.75) is 64.0 Å². The maximum atomic E-state index is 12.5. The van der Waals surface area contributed by atoms with Crippen molar-refractivity contribution in [1.29, 1.82) is 0 Å². The van der Waals surface area contributed by atoms with Gasteiger partial charge in [0.1, 0.15) is 0 Å². The molecule has 2 rings (SSSR count). The molecule has 2 aliphatic rings. The summed E-state index contributed by atoms with van der Waals surface area (Å²) in [6, 6.07) is 0. The molecule has 0 aromatic rings. The second-order valence-corrected chi connectivity index (χ2v) is 7.78. The molecule has 0 aromatic heterocycles. The van der Waals surface area contributed by atoms with Gasteiger partial charge in [0.25, 0.3) is 0 Å². The summed E-state index contributed by atoms with van der Waals surface area (Å²) in [5.41, 5.74) is 6.02. The molecule has 1 saturated heterocycles. The van der Waals surface area contributed by atoms with Crippen molar-refractivity contribution in [1.82, 2.24) is 4.31 Å². The van der Waals surface area contributed by atoms with E-state index in [2.05, 4.69) is 0 Å². The zero-order valence-corrected chi connectivity index (χ0v) is 12.0. The third kappa shape index (κ3) is 3.68. The standard InChI is InChI=1S/C13H26N2O2S/c14-13-9-5-2-6-10-15(13)18(16,17)11-12-7-3-1-4-8-12/h12-13H,1-11,14H2.